The quantitative estimate of drug-likeness (QED) is 0.316. The van der Waals surface area contributed by atoms with E-state index < -0.39 is 35.6 Å². The van der Waals surface area contributed by atoms with Gasteiger partial charge in [0, 0.05) is 6.54 Å². The smallest absolute Gasteiger partial charge is 0.257 e. The minimum atomic E-state index is -0.804. The number of nitrogens with one attached hydrogen (secondary N) is 2. The molecule has 8 nitrogen and oxygen atoms in total. The summed E-state index contributed by atoms with van der Waals surface area (Å²) < 4.78 is 0. The normalized spacial score (nSPS) is 14.2. The molecule has 0 radical (unpaired) electrons. The lowest BCUT2D eigenvalue weighted by Crippen LogP contribution is -2.54. The maximum atomic E-state index is 13.2. The first kappa shape index (κ1) is 26.3. The molecule has 0 saturated carbocycles. The van der Waals surface area contributed by atoms with Gasteiger partial charge in [-0.1, -0.05) is 63.3 Å². The molecule has 0 aromatic heterocycles. The first-order valence-electron chi connectivity index (χ1n) is 10.7. The fraction of sp³-hybridized carbons (Fsp3) is 0.522. The lowest BCUT2D eigenvalue weighted by Gasteiger charge is -2.30. The molecule has 0 aliphatic carbocycles. The van der Waals surface area contributed by atoms with Crippen LogP contribution in [0.3, 0.4) is 0 Å². The Morgan fingerprint density at radius 3 is 2.26 bits per heavy atom. The Morgan fingerprint density at radius 2 is 1.74 bits per heavy atom. The van der Waals surface area contributed by atoms with Crippen LogP contribution in [0.5, 0.6) is 0 Å². The van der Waals surface area contributed by atoms with Gasteiger partial charge in [0.2, 0.25) is 11.8 Å². The van der Waals surface area contributed by atoms with Crippen LogP contribution in [0.2, 0.25) is 0 Å². The number of amides is 3. The molecule has 1 aromatic carbocycles. The Bertz CT molecular complexity index is 734. The molecule has 0 spiro atoms. The van der Waals surface area contributed by atoms with Crippen LogP contribution < -0.4 is 16.6 Å². The minimum Gasteiger partial charge on any atom is -0.320 e. The van der Waals surface area contributed by atoms with Gasteiger partial charge in [-0.3, -0.25) is 30.0 Å². The first-order chi connectivity index (χ1) is 14.7. The van der Waals surface area contributed by atoms with Crippen molar-refractivity contribution in [1.82, 2.24) is 15.9 Å². The Balaban J connectivity index is 3.10. The number of benzene rings is 1. The highest BCUT2D eigenvalue weighted by Gasteiger charge is 2.35. The van der Waals surface area contributed by atoms with E-state index in [1.165, 1.54) is 5.01 Å². The average molecular weight is 433 g/mol. The van der Waals surface area contributed by atoms with Crippen molar-refractivity contribution in [3.05, 3.63) is 42.0 Å². The zero-order valence-electron chi connectivity index (χ0n) is 18.9. The number of carbonyl (C=O) groups excluding carboxylic acids is 3. The van der Waals surface area contributed by atoms with Crippen LogP contribution >= 0.6 is 0 Å². The SMILES string of the molecule is CCCN(NC(=O)[C@H](CC(C)C)[C@H](C/C=C/c1ccccc1)C(=O)NO)C(=O)[C@@H](C)N. The molecule has 0 saturated heterocycles. The molecule has 8 heteroatoms. The highest BCUT2D eigenvalue weighted by atomic mass is 16.5. The number of hydrogen-bond acceptors (Lipinski definition) is 5. The fourth-order valence-corrected chi connectivity index (χ4v) is 3.32. The van der Waals surface area contributed by atoms with Crippen molar-refractivity contribution >= 4 is 23.8 Å². The van der Waals surface area contributed by atoms with E-state index in [0.717, 1.165) is 5.56 Å². The van der Waals surface area contributed by atoms with E-state index in [-0.39, 0.29) is 12.3 Å². The number of hydrazine groups is 1. The van der Waals surface area contributed by atoms with Gasteiger partial charge >= 0.3 is 0 Å². The topological polar surface area (TPSA) is 125 Å². The lowest BCUT2D eigenvalue weighted by atomic mass is 9.82. The molecule has 0 heterocycles. The van der Waals surface area contributed by atoms with Crippen molar-refractivity contribution in [2.45, 2.75) is 53.0 Å². The van der Waals surface area contributed by atoms with Crippen LogP contribution in [0.1, 0.15) is 52.5 Å². The third-order valence-electron chi connectivity index (χ3n) is 4.84. The second-order valence-electron chi connectivity index (χ2n) is 8.12. The largest absolute Gasteiger partial charge is 0.320 e. The van der Waals surface area contributed by atoms with E-state index in [1.807, 2.05) is 63.3 Å². The molecule has 0 aliphatic heterocycles. The van der Waals surface area contributed by atoms with Crippen LogP contribution in [-0.4, -0.2) is 40.5 Å². The third-order valence-corrected chi connectivity index (χ3v) is 4.84. The summed E-state index contributed by atoms with van der Waals surface area (Å²) in [6.07, 6.45) is 4.97. The number of rotatable bonds is 11. The molecule has 0 unspecified atom stereocenters. The monoisotopic (exact) mass is 432 g/mol. The standard InChI is InChI=1S/C23H36N4O4/c1-5-14-27(23(30)17(4)24)25-21(28)20(15-16(2)3)19(22(29)26-31)13-9-12-18-10-7-6-8-11-18/h6-12,16-17,19-20,31H,5,13-15,24H2,1-4H3,(H,25,28)(H,26,29)/b12-9+/t17-,19+,20-/m1/s1. The molecule has 1 rings (SSSR count). The van der Waals surface area contributed by atoms with E-state index in [0.29, 0.717) is 19.4 Å². The zero-order chi connectivity index (χ0) is 23.4. The van der Waals surface area contributed by atoms with Crippen molar-refractivity contribution in [3.63, 3.8) is 0 Å². The van der Waals surface area contributed by atoms with Crippen molar-refractivity contribution in [2.75, 3.05) is 6.54 Å². The number of hydrogen-bond donors (Lipinski definition) is 4. The lowest BCUT2D eigenvalue weighted by molar-refractivity contribution is -0.147. The molecular weight excluding hydrogens is 396 g/mol. The third kappa shape index (κ3) is 8.90. The van der Waals surface area contributed by atoms with Crippen molar-refractivity contribution in [3.8, 4) is 0 Å². The second kappa shape index (κ2) is 13.6. The summed E-state index contributed by atoms with van der Waals surface area (Å²) in [6.45, 7) is 7.65. The molecular formula is C23H36N4O4. The molecule has 0 fully saturated rings. The fourth-order valence-electron chi connectivity index (χ4n) is 3.32. The van der Waals surface area contributed by atoms with Crippen LogP contribution in [0.15, 0.2) is 36.4 Å². The maximum Gasteiger partial charge on any atom is 0.257 e. The molecule has 3 amide bonds. The predicted octanol–water partition coefficient (Wildman–Crippen LogP) is 2.49. The molecule has 5 N–H and O–H groups in total. The summed E-state index contributed by atoms with van der Waals surface area (Å²) in [7, 11) is 0. The van der Waals surface area contributed by atoms with E-state index >= 15 is 0 Å². The zero-order valence-corrected chi connectivity index (χ0v) is 18.9. The van der Waals surface area contributed by atoms with Crippen LogP contribution in [-0.2, 0) is 14.4 Å². The van der Waals surface area contributed by atoms with Crippen LogP contribution in [0.25, 0.3) is 6.08 Å². The minimum absolute atomic E-state index is 0.117. The predicted molar refractivity (Wildman–Crippen MR) is 120 cm³/mol. The van der Waals surface area contributed by atoms with Gasteiger partial charge in [-0.2, -0.15) is 0 Å². The summed E-state index contributed by atoms with van der Waals surface area (Å²) in [5, 5.41) is 10.5. The van der Waals surface area contributed by atoms with Gasteiger partial charge in [-0.05, 0) is 37.7 Å². The highest BCUT2D eigenvalue weighted by molar-refractivity contribution is 5.89. The summed E-state index contributed by atoms with van der Waals surface area (Å²) in [6, 6.07) is 8.82. The van der Waals surface area contributed by atoms with Gasteiger partial charge in [0.15, 0.2) is 0 Å². The van der Waals surface area contributed by atoms with Gasteiger partial charge in [0.05, 0.1) is 17.9 Å². The van der Waals surface area contributed by atoms with Gasteiger partial charge in [0.25, 0.3) is 5.91 Å². The molecule has 1 aromatic rings. The Labute approximate surface area is 184 Å². The number of hydroxylamine groups is 1. The van der Waals surface area contributed by atoms with E-state index in [9.17, 15) is 19.6 Å². The van der Waals surface area contributed by atoms with Crippen LogP contribution in [0, 0.1) is 17.8 Å². The number of carbonyl (C=O) groups is 3. The Morgan fingerprint density at radius 1 is 1.10 bits per heavy atom. The van der Waals surface area contributed by atoms with Gasteiger partial charge in [-0.25, -0.2) is 5.48 Å². The summed E-state index contributed by atoms with van der Waals surface area (Å²) in [5.74, 6) is -2.91. The van der Waals surface area contributed by atoms with E-state index in [1.54, 1.807) is 12.4 Å². The first-order valence-corrected chi connectivity index (χ1v) is 10.7. The average Bonchev–Trinajstić information content (AvgIpc) is 2.74. The van der Waals surface area contributed by atoms with Gasteiger partial charge in [0.1, 0.15) is 0 Å². The maximum absolute atomic E-state index is 13.2. The van der Waals surface area contributed by atoms with Crippen molar-refractivity contribution in [2.24, 2.45) is 23.5 Å². The number of nitrogens with zero attached hydrogens (tertiary/aromatic N) is 1. The van der Waals surface area contributed by atoms with Gasteiger partial charge < -0.3 is 5.73 Å². The summed E-state index contributed by atoms with van der Waals surface area (Å²) >= 11 is 0. The molecule has 0 aliphatic rings. The van der Waals surface area contributed by atoms with Crippen molar-refractivity contribution < 1.29 is 19.6 Å². The molecule has 3 atom stereocenters. The number of allylic oxidation sites excluding steroid dienone is 1. The van der Waals surface area contributed by atoms with Crippen LogP contribution in [0.4, 0.5) is 0 Å². The highest BCUT2D eigenvalue weighted by Crippen LogP contribution is 2.25. The molecule has 172 valence electrons. The van der Waals surface area contributed by atoms with Crippen molar-refractivity contribution in [1.29, 1.82) is 0 Å². The number of nitrogens with two attached hydrogens (primary N) is 1. The molecule has 0 bridgehead atoms. The van der Waals surface area contributed by atoms with E-state index in [4.69, 9.17) is 5.73 Å². The Hall–Kier alpha value is -2.71. The second-order valence-corrected chi connectivity index (χ2v) is 8.12. The van der Waals surface area contributed by atoms with E-state index in [2.05, 4.69) is 5.43 Å². The summed E-state index contributed by atoms with van der Waals surface area (Å²) in [4.78, 5) is 38.0. The Kier molecular flexibility index (Phi) is 11.5. The summed E-state index contributed by atoms with van der Waals surface area (Å²) in [5.41, 5.74) is 11.0. The van der Waals surface area contributed by atoms with Gasteiger partial charge in [-0.15, -0.1) is 0 Å². The molecule has 31 heavy (non-hydrogen) atoms.